The van der Waals surface area contributed by atoms with Crippen molar-refractivity contribution in [1.82, 2.24) is 0 Å². The van der Waals surface area contributed by atoms with Crippen LogP contribution in [0.1, 0.15) is 110 Å². The van der Waals surface area contributed by atoms with E-state index in [9.17, 15) is 9.59 Å². The van der Waals surface area contributed by atoms with E-state index in [0.717, 1.165) is 25.0 Å². The SMILES string of the molecule is CCCCCCCCCCCCCCCCCCOC(=O)/C=C/C(=O)O.[Au]. The predicted octanol–water partition coefficient (Wildman–Crippen LogP) is 6.43. The van der Waals surface area contributed by atoms with Gasteiger partial charge in [0.05, 0.1) is 6.61 Å². The van der Waals surface area contributed by atoms with E-state index >= 15 is 0 Å². The number of hydrogen-bond donors (Lipinski definition) is 1. The molecule has 0 aliphatic carbocycles. The van der Waals surface area contributed by atoms with Crippen LogP contribution < -0.4 is 0 Å². The van der Waals surface area contributed by atoms with Crippen molar-refractivity contribution in [1.29, 1.82) is 0 Å². The Kier molecular flexibility index (Phi) is 24.9. The van der Waals surface area contributed by atoms with Gasteiger partial charge in [-0.25, -0.2) is 9.59 Å². The van der Waals surface area contributed by atoms with E-state index < -0.39 is 11.9 Å². The van der Waals surface area contributed by atoms with Crippen LogP contribution in [0.2, 0.25) is 0 Å². The zero-order chi connectivity index (χ0) is 19.3. The Bertz CT molecular complexity index is 369. The second kappa shape index (κ2) is 23.5. The van der Waals surface area contributed by atoms with E-state index in [1.807, 2.05) is 0 Å². The molecule has 0 spiro atoms. The molecule has 0 atom stereocenters. The Labute approximate surface area is 182 Å². The number of carboxylic acids is 1. The standard InChI is InChI=1S/C22H40O4.Au/c1-2-3-4-5-6-7-8-9-10-11-12-13-14-15-16-17-20-26-22(25)19-18-21(23)24;/h18-19H,2-17,20H2,1H3,(H,23,24);/b19-18+;. The van der Waals surface area contributed by atoms with E-state index in [0.29, 0.717) is 6.61 Å². The maximum Gasteiger partial charge on any atom is 0.331 e. The van der Waals surface area contributed by atoms with Gasteiger partial charge in [-0.2, -0.15) is 0 Å². The summed E-state index contributed by atoms with van der Waals surface area (Å²) >= 11 is 0. The minimum Gasteiger partial charge on any atom is -0.478 e. The molecule has 0 saturated heterocycles. The number of carbonyl (C=O) groups is 2. The molecule has 0 aliphatic rings. The van der Waals surface area contributed by atoms with Crippen molar-refractivity contribution in [2.45, 2.75) is 110 Å². The Morgan fingerprint density at radius 1 is 0.667 bits per heavy atom. The molecule has 27 heavy (non-hydrogen) atoms. The summed E-state index contributed by atoms with van der Waals surface area (Å²) in [7, 11) is 0. The quantitative estimate of drug-likeness (QED) is 0.0849. The Morgan fingerprint density at radius 2 is 1.04 bits per heavy atom. The number of unbranched alkanes of at least 4 members (excludes halogenated alkanes) is 15. The third kappa shape index (κ3) is 25.4. The van der Waals surface area contributed by atoms with E-state index in [1.54, 1.807) is 0 Å². The molecule has 0 aromatic rings. The summed E-state index contributed by atoms with van der Waals surface area (Å²) in [5.74, 6) is -1.71. The zero-order valence-electron chi connectivity index (χ0n) is 17.1. The molecule has 4 nitrogen and oxygen atoms in total. The summed E-state index contributed by atoms with van der Waals surface area (Å²) in [6, 6.07) is 0. The molecule has 0 rings (SSSR count). The van der Waals surface area contributed by atoms with Crippen molar-refractivity contribution in [3.8, 4) is 0 Å². The number of carboxylic acid groups (broad SMARTS) is 1. The van der Waals surface area contributed by atoms with E-state index in [1.165, 1.54) is 89.9 Å². The van der Waals surface area contributed by atoms with Gasteiger partial charge in [0.1, 0.15) is 0 Å². The summed E-state index contributed by atoms with van der Waals surface area (Å²) in [5, 5.41) is 8.39. The molecule has 163 valence electrons. The molecule has 0 aromatic heterocycles. The van der Waals surface area contributed by atoms with Crippen molar-refractivity contribution >= 4 is 11.9 Å². The van der Waals surface area contributed by atoms with Gasteiger partial charge in [0.2, 0.25) is 0 Å². The van der Waals surface area contributed by atoms with Gasteiger partial charge in [0.25, 0.3) is 0 Å². The van der Waals surface area contributed by atoms with Crippen molar-refractivity contribution < 1.29 is 41.8 Å². The fourth-order valence-corrected chi connectivity index (χ4v) is 3.01. The molecule has 0 heterocycles. The number of ether oxygens (including phenoxy) is 1. The number of hydrogen-bond acceptors (Lipinski definition) is 3. The zero-order valence-corrected chi connectivity index (χ0v) is 19.3. The smallest absolute Gasteiger partial charge is 0.331 e. The molecule has 0 bridgehead atoms. The molecular weight excluding hydrogens is 525 g/mol. The Hall–Kier alpha value is -0.580. The second-order valence-electron chi connectivity index (χ2n) is 7.14. The van der Waals surface area contributed by atoms with E-state index in [2.05, 4.69) is 6.92 Å². The summed E-state index contributed by atoms with van der Waals surface area (Å²) in [4.78, 5) is 21.4. The first-order valence-electron chi connectivity index (χ1n) is 10.7. The molecule has 0 amide bonds. The first-order valence-corrected chi connectivity index (χ1v) is 10.7. The van der Waals surface area contributed by atoms with Crippen molar-refractivity contribution in [2.75, 3.05) is 6.61 Å². The maximum atomic E-state index is 11.1. The fourth-order valence-electron chi connectivity index (χ4n) is 3.01. The van der Waals surface area contributed by atoms with Gasteiger partial charge < -0.3 is 9.84 Å². The van der Waals surface area contributed by atoms with E-state index in [-0.39, 0.29) is 22.4 Å². The largest absolute Gasteiger partial charge is 0.478 e. The van der Waals surface area contributed by atoms with Crippen LogP contribution in [-0.4, -0.2) is 23.7 Å². The molecule has 5 heteroatoms. The molecule has 0 aromatic carbocycles. The normalized spacial score (nSPS) is 10.7. The van der Waals surface area contributed by atoms with Gasteiger partial charge in [-0.1, -0.05) is 103 Å². The van der Waals surface area contributed by atoms with Gasteiger partial charge in [-0.05, 0) is 6.42 Å². The van der Waals surface area contributed by atoms with Gasteiger partial charge in [0, 0.05) is 34.5 Å². The van der Waals surface area contributed by atoms with Crippen molar-refractivity contribution in [3.05, 3.63) is 12.2 Å². The van der Waals surface area contributed by atoms with Gasteiger partial charge in [-0.15, -0.1) is 0 Å². The predicted molar refractivity (Wildman–Crippen MR) is 107 cm³/mol. The number of esters is 1. The molecule has 1 radical (unpaired) electrons. The average molecular weight is 566 g/mol. The third-order valence-corrected chi connectivity index (χ3v) is 4.60. The van der Waals surface area contributed by atoms with Crippen LogP contribution in [-0.2, 0) is 36.7 Å². The second-order valence-corrected chi connectivity index (χ2v) is 7.14. The average Bonchev–Trinajstić information content (AvgIpc) is 2.62. The van der Waals surface area contributed by atoms with Crippen molar-refractivity contribution in [3.63, 3.8) is 0 Å². The van der Waals surface area contributed by atoms with Gasteiger partial charge >= 0.3 is 11.9 Å². The Balaban J connectivity index is 0. The van der Waals surface area contributed by atoms with Crippen LogP contribution in [0, 0.1) is 0 Å². The molecular formula is C22H40AuO4. The molecule has 0 fully saturated rings. The van der Waals surface area contributed by atoms with E-state index in [4.69, 9.17) is 9.84 Å². The summed E-state index contributed by atoms with van der Waals surface area (Å²) in [6.45, 7) is 2.64. The number of carbonyl (C=O) groups excluding carboxylic acids is 1. The van der Waals surface area contributed by atoms with Crippen molar-refractivity contribution in [2.24, 2.45) is 0 Å². The summed E-state index contributed by atoms with van der Waals surface area (Å²) in [5.41, 5.74) is 0. The molecule has 0 unspecified atom stereocenters. The molecule has 0 aliphatic heterocycles. The Morgan fingerprint density at radius 3 is 1.41 bits per heavy atom. The van der Waals surface area contributed by atoms with Crippen LogP contribution in [0.5, 0.6) is 0 Å². The fraction of sp³-hybridized carbons (Fsp3) is 0.818. The minimum atomic E-state index is -1.13. The van der Waals surface area contributed by atoms with Gasteiger partial charge in [-0.3, -0.25) is 0 Å². The first kappa shape index (κ1) is 28.6. The molecule has 0 saturated carbocycles. The monoisotopic (exact) mass is 565 g/mol. The van der Waals surface area contributed by atoms with Crippen LogP contribution in [0.15, 0.2) is 12.2 Å². The van der Waals surface area contributed by atoms with Crippen LogP contribution in [0.25, 0.3) is 0 Å². The maximum absolute atomic E-state index is 11.1. The number of aliphatic carboxylic acids is 1. The topological polar surface area (TPSA) is 63.6 Å². The van der Waals surface area contributed by atoms with Gasteiger partial charge in [0.15, 0.2) is 0 Å². The van der Waals surface area contributed by atoms with Crippen LogP contribution in [0.3, 0.4) is 0 Å². The van der Waals surface area contributed by atoms with Crippen LogP contribution >= 0.6 is 0 Å². The number of rotatable bonds is 19. The van der Waals surface area contributed by atoms with Crippen LogP contribution in [0.4, 0.5) is 0 Å². The third-order valence-electron chi connectivity index (χ3n) is 4.60. The minimum absolute atomic E-state index is 0. The summed E-state index contributed by atoms with van der Waals surface area (Å²) < 4.78 is 4.92. The first-order chi connectivity index (χ1) is 12.7. The summed E-state index contributed by atoms with van der Waals surface area (Å²) in [6.07, 6.45) is 22.7. The molecule has 1 N–H and O–H groups in total.